The molecule has 0 saturated carbocycles. The number of hydrogen-bond acceptors (Lipinski definition) is 1. The largest absolute Gasteiger partial charge is 0.296 e. The third kappa shape index (κ3) is 3.15. The molecule has 2 aromatic heterocycles. The van der Waals surface area contributed by atoms with E-state index in [4.69, 9.17) is 0 Å². The molecule has 0 saturated heterocycles. The van der Waals surface area contributed by atoms with E-state index >= 15 is 0 Å². The van der Waals surface area contributed by atoms with Gasteiger partial charge in [-0.1, -0.05) is 58.0 Å². The van der Waals surface area contributed by atoms with E-state index in [1.165, 1.54) is 39.2 Å². The van der Waals surface area contributed by atoms with Crippen LogP contribution in [0.2, 0.25) is 0 Å². The smallest absolute Gasteiger partial charge is 0.261 e. The number of aromatic nitrogens is 3. The van der Waals surface area contributed by atoms with Crippen molar-refractivity contribution in [1.29, 1.82) is 0 Å². The first-order chi connectivity index (χ1) is 13.9. The lowest BCUT2D eigenvalue weighted by molar-refractivity contribution is -0.633. The minimum Gasteiger partial charge on any atom is -0.261 e. The molecule has 4 aromatic rings. The zero-order valence-corrected chi connectivity index (χ0v) is 18.3. The van der Waals surface area contributed by atoms with Gasteiger partial charge in [0.15, 0.2) is 11.0 Å². The number of hydrogen-bond donors (Lipinski definition) is 0. The summed E-state index contributed by atoms with van der Waals surface area (Å²) in [6, 6.07) is 19.6. The van der Waals surface area contributed by atoms with Gasteiger partial charge >= 0.3 is 0 Å². The molecule has 0 amide bonds. The third-order valence-electron chi connectivity index (χ3n) is 5.83. The van der Waals surface area contributed by atoms with Crippen LogP contribution in [0.4, 0.5) is 0 Å². The maximum absolute atomic E-state index is 4.59. The third-order valence-corrected chi connectivity index (χ3v) is 5.83. The fraction of sp³-hybridized carbons (Fsp3) is 0.308. The van der Waals surface area contributed by atoms with Gasteiger partial charge in [0, 0.05) is 17.3 Å². The summed E-state index contributed by atoms with van der Waals surface area (Å²) in [4.78, 5) is 4.59. The Labute approximate surface area is 173 Å². The number of imidazole rings is 1. The normalized spacial score (nSPS) is 11.7. The van der Waals surface area contributed by atoms with Crippen LogP contribution in [0.5, 0.6) is 0 Å². The molecule has 0 aliphatic heterocycles. The molecule has 2 aromatic carbocycles. The number of nitrogens with zero attached hydrogens (tertiary/aromatic N) is 3. The van der Waals surface area contributed by atoms with Crippen molar-refractivity contribution in [3.63, 3.8) is 0 Å². The second-order valence-corrected chi connectivity index (χ2v) is 8.44. The monoisotopic (exact) mass is 384 g/mol. The van der Waals surface area contributed by atoms with Gasteiger partial charge in [0.25, 0.3) is 5.82 Å². The summed E-state index contributed by atoms with van der Waals surface area (Å²) >= 11 is 0. The fourth-order valence-corrected chi connectivity index (χ4v) is 4.33. The Morgan fingerprint density at radius 2 is 1.48 bits per heavy atom. The van der Waals surface area contributed by atoms with Crippen molar-refractivity contribution in [1.82, 2.24) is 9.55 Å². The molecule has 0 atom stereocenters. The molecule has 3 heteroatoms. The standard InChI is InChI=1S/C26H30N3/c1-17(2)20-11-9-12-21(18(3)4)25(20)29-24-15-8-7-14-23(24)28(6)26(29)22-13-10-16-27-19(22)5/h7-18H,1-6H3/q+1. The summed E-state index contributed by atoms with van der Waals surface area (Å²) in [6.07, 6.45) is 1.87. The van der Waals surface area contributed by atoms with Gasteiger partial charge in [-0.3, -0.25) is 4.98 Å². The van der Waals surface area contributed by atoms with E-state index in [0.29, 0.717) is 11.8 Å². The van der Waals surface area contributed by atoms with Crippen LogP contribution in [0.25, 0.3) is 28.1 Å². The van der Waals surface area contributed by atoms with Gasteiger partial charge in [-0.2, -0.15) is 4.57 Å². The maximum atomic E-state index is 4.59. The van der Waals surface area contributed by atoms with Gasteiger partial charge in [-0.15, -0.1) is 0 Å². The predicted molar refractivity (Wildman–Crippen MR) is 121 cm³/mol. The first-order valence-electron chi connectivity index (χ1n) is 10.5. The van der Waals surface area contributed by atoms with Gasteiger partial charge < -0.3 is 0 Å². The molecule has 3 nitrogen and oxygen atoms in total. The molecule has 0 spiro atoms. The van der Waals surface area contributed by atoms with Crippen molar-refractivity contribution in [3.05, 3.63) is 77.6 Å². The Hall–Kier alpha value is -2.94. The Kier molecular flexibility index (Phi) is 4.99. The molecule has 0 N–H and O–H groups in total. The Balaban J connectivity index is 2.22. The van der Waals surface area contributed by atoms with E-state index < -0.39 is 0 Å². The highest BCUT2D eigenvalue weighted by Crippen LogP contribution is 2.36. The summed E-state index contributed by atoms with van der Waals surface area (Å²) in [5.41, 5.74) is 8.72. The number of fused-ring (bicyclic) bond motifs is 1. The molecular weight excluding hydrogens is 354 g/mol. The zero-order chi connectivity index (χ0) is 20.7. The van der Waals surface area contributed by atoms with E-state index in [1.54, 1.807) is 0 Å². The van der Waals surface area contributed by atoms with Gasteiger partial charge in [0.1, 0.15) is 5.69 Å². The van der Waals surface area contributed by atoms with Crippen molar-refractivity contribution in [2.24, 2.45) is 7.05 Å². The Bertz CT molecular complexity index is 1160. The van der Waals surface area contributed by atoms with Crippen molar-refractivity contribution >= 4 is 11.0 Å². The van der Waals surface area contributed by atoms with Gasteiger partial charge in [-0.05, 0) is 43.0 Å². The summed E-state index contributed by atoms with van der Waals surface area (Å²) < 4.78 is 4.77. The van der Waals surface area contributed by atoms with Gasteiger partial charge in [-0.25, -0.2) is 4.57 Å². The van der Waals surface area contributed by atoms with E-state index in [9.17, 15) is 0 Å². The highest BCUT2D eigenvalue weighted by Gasteiger charge is 2.31. The SMILES string of the molecule is Cc1ncccc1-c1n(-c2c(C(C)C)cccc2C(C)C)c2ccccc2[n+]1C. The van der Waals surface area contributed by atoms with Gasteiger partial charge in [0.2, 0.25) is 0 Å². The minimum absolute atomic E-state index is 0.429. The molecule has 4 rings (SSSR count). The van der Waals surface area contributed by atoms with E-state index in [2.05, 4.69) is 104 Å². The minimum atomic E-state index is 0.429. The molecular formula is C26H30N3+. The first kappa shape index (κ1) is 19.4. The molecule has 2 heterocycles. The number of para-hydroxylation sites is 3. The lowest BCUT2D eigenvalue weighted by Crippen LogP contribution is -2.30. The highest BCUT2D eigenvalue weighted by atomic mass is 15.2. The van der Waals surface area contributed by atoms with Crippen LogP contribution in [0.15, 0.2) is 60.8 Å². The molecule has 0 aliphatic carbocycles. The molecule has 0 fully saturated rings. The van der Waals surface area contributed by atoms with Crippen molar-refractivity contribution in [2.75, 3.05) is 0 Å². The lowest BCUT2D eigenvalue weighted by Gasteiger charge is -2.18. The number of benzene rings is 2. The second kappa shape index (κ2) is 7.47. The number of aryl methyl sites for hydroxylation is 2. The average molecular weight is 385 g/mol. The molecule has 0 aliphatic rings. The summed E-state index contributed by atoms with van der Waals surface area (Å²) in [6.45, 7) is 11.2. The quantitative estimate of drug-likeness (QED) is 0.391. The maximum Gasteiger partial charge on any atom is 0.296 e. The van der Waals surface area contributed by atoms with E-state index in [0.717, 1.165) is 5.69 Å². The first-order valence-corrected chi connectivity index (χ1v) is 10.5. The Morgan fingerprint density at radius 1 is 0.828 bits per heavy atom. The van der Waals surface area contributed by atoms with Crippen LogP contribution in [-0.4, -0.2) is 9.55 Å². The van der Waals surface area contributed by atoms with Gasteiger partial charge in [0.05, 0.1) is 18.3 Å². The summed E-state index contributed by atoms with van der Waals surface area (Å²) in [7, 11) is 2.16. The molecule has 148 valence electrons. The number of rotatable bonds is 4. The Morgan fingerprint density at radius 3 is 2.10 bits per heavy atom. The lowest BCUT2D eigenvalue weighted by atomic mass is 9.92. The molecule has 29 heavy (non-hydrogen) atoms. The fourth-order valence-electron chi connectivity index (χ4n) is 4.33. The highest BCUT2D eigenvalue weighted by molar-refractivity contribution is 5.80. The van der Waals surface area contributed by atoms with Crippen LogP contribution < -0.4 is 4.57 Å². The van der Waals surface area contributed by atoms with E-state index in [1.807, 2.05) is 12.3 Å². The van der Waals surface area contributed by atoms with Crippen LogP contribution in [0, 0.1) is 6.92 Å². The topological polar surface area (TPSA) is 21.7 Å². The molecule has 0 unspecified atom stereocenters. The molecule has 0 radical (unpaired) electrons. The molecule has 0 bridgehead atoms. The predicted octanol–water partition coefficient (Wildman–Crippen LogP) is 6.07. The van der Waals surface area contributed by atoms with Crippen LogP contribution in [0.1, 0.15) is 56.4 Å². The van der Waals surface area contributed by atoms with Crippen LogP contribution in [0.3, 0.4) is 0 Å². The summed E-state index contributed by atoms with van der Waals surface area (Å²) in [5, 5.41) is 0. The number of pyridine rings is 1. The second-order valence-electron chi connectivity index (χ2n) is 8.44. The van der Waals surface area contributed by atoms with Crippen LogP contribution >= 0.6 is 0 Å². The van der Waals surface area contributed by atoms with Crippen LogP contribution in [-0.2, 0) is 7.05 Å². The summed E-state index contributed by atoms with van der Waals surface area (Å²) in [5.74, 6) is 2.03. The average Bonchev–Trinajstić information content (AvgIpc) is 3.00. The van der Waals surface area contributed by atoms with E-state index in [-0.39, 0.29) is 0 Å². The zero-order valence-electron chi connectivity index (χ0n) is 18.3. The van der Waals surface area contributed by atoms with Crippen molar-refractivity contribution in [2.45, 2.75) is 46.5 Å². The van der Waals surface area contributed by atoms with Crippen molar-refractivity contribution < 1.29 is 4.57 Å². The van der Waals surface area contributed by atoms with Crippen molar-refractivity contribution in [3.8, 4) is 17.1 Å².